The Morgan fingerprint density at radius 3 is 2.52 bits per heavy atom. The molecule has 130 valence electrons. The fourth-order valence-electron chi connectivity index (χ4n) is 2.10. The van der Waals surface area contributed by atoms with Crippen molar-refractivity contribution in [3.63, 3.8) is 0 Å². The Hall–Kier alpha value is -2.95. The van der Waals surface area contributed by atoms with Gasteiger partial charge in [0.05, 0.1) is 17.3 Å². The Bertz CT molecular complexity index is 994. The van der Waals surface area contributed by atoms with E-state index in [1.165, 1.54) is 30.3 Å². The molecule has 0 radical (unpaired) electrons. The summed E-state index contributed by atoms with van der Waals surface area (Å²) in [5.41, 5.74) is 0.671. The maximum absolute atomic E-state index is 12.6. The monoisotopic (exact) mass is 369 g/mol. The van der Waals surface area contributed by atoms with E-state index in [9.17, 15) is 22.8 Å². The fourth-order valence-corrected chi connectivity index (χ4v) is 2.67. The Balaban J connectivity index is 1.95. The van der Waals surface area contributed by atoms with Crippen LogP contribution < -0.4 is 16.6 Å². The zero-order valence-electron chi connectivity index (χ0n) is 12.3. The van der Waals surface area contributed by atoms with Crippen LogP contribution in [0.4, 0.5) is 24.8 Å². The number of nitrogens with two attached hydrogens (primary N) is 1. The van der Waals surface area contributed by atoms with Crippen LogP contribution in [0.5, 0.6) is 0 Å². The molecule has 0 aliphatic carbocycles. The topological polar surface area (TPSA) is 106 Å². The second-order valence-corrected chi connectivity index (χ2v) is 5.94. The van der Waals surface area contributed by atoms with Crippen molar-refractivity contribution in [3.05, 3.63) is 52.4 Å². The molecule has 0 spiro atoms. The van der Waals surface area contributed by atoms with Crippen molar-refractivity contribution in [1.82, 2.24) is 13.9 Å². The third kappa shape index (κ3) is 3.76. The van der Waals surface area contributed by atoms with E-state index in [1.807, 2.05) is 0 Å². The van der Waals surface area contributed by atoms with Gasteiger partial charge in [-0.25, -0.2) is 0 Å². The molecule has 1 aromatic carbocycles. The number of carbonyl (C=O) groups is 1. The maximum Gasteiger partial charge on any atom is 0.462 e. The number of rotatable bonds is 4. The SMILES string of the molecule is NC(=O)c1ccc(Nc2nc3c(ccn3SC(F)(F)F)c(=O)[nH]2)cc1. The van der Waals surface area contributed by atoms with Crippen LogP contribution in [-0.4, -0.2) is 25.4 Å². The molecule has 11 heteroatoms. The summed E-state index contributed by atoms with van der Waals surface area (Å²) in [7, 11) is 0. The number of alkyl halides is 3. The van der Waals surface area contributed by atoms with Crippen LogP contribution in [0.1, 0.15) is 10.4 Å². The van der Waals surface area contributed by atoms with Crippen molar-refractivity contribution in [3.8, 4) is 0 Å². The third-order valence-corrected chi connectivity index (χ3v) is 3.85. The standard InChI is InChI=1S/C14H10F3N5O2S/c15-14(16,17)25-22-6-5-9-11(22)20-13(21-12(9)24)19-8-3-1-7(2-4-8)10(18)23/h1-6H,(H2,18,23)(H2,19,20,21,24). The quantitative estimate of drug-likeness (QED) is 0.655. The summed E-state index contributed by atoms with van der Waals surface area (Å²) >= 11 is -0.412. The van der Waals surface area contributed by atoms with Gasteiger partial charge in [0, 0.05) is 17.4 Å². The zero-order valence-corrected chi connectivity index (χ0v) is 13.1. The average Bonchev–Trinajstić information content (AvgIpc) is 2.89. The van der Waals surface area contributed by atoms with Crippen LogP contribution in [0, 0.1) is 0 Å². The first-order valence-electron chi connectivity index (χ1n) is 6.77. The molecule has 0 atom stereocenters. The number of primary amides is 1. The molecule has 0 saturated heterocycles. The van der Waals surface area contributed by atoms with Crippen molar-refractivity contribution < 1.29 is 18.0 Å². The molecule has 2 heterocycles. The number of hydrogen-bond donors (Lipinski definition) is 3. The predicted octanol–water partition coefficient (Wildman–Crippen LogP) is 2.58. The molecule has 0 saturated carbocycles. The molecule has 25 heavy (non-hydrogen) atoms. The maximum atomic E-state index is 12.6. The lowest BCUT2D eigenvalue weighted by molar-refractivity contribution is -0.0334. The summed E-state index contributed by atoms with van der Waals surface area (Å²) in [6.07, 6.45) is 1.12. The number of nitrogens with one attached hydrogen (secondary N) is 2. The number of halogens is 3. The van der Waals surface area contributed by atoms with Crippen molar-refractivity contribution in [2.45, 2.75) is 5.51 Å². The first-order chi connectivity index (χ1) is 11.7. The van der Waals surface area contributed by atoms with Crippen molar-refractivity contribution in [2.75, 3.05) is 5.32 Å². The first-order valence-corrected chi connectivity index (χ1v) is 7.55. The van der Waals surface area contributed by atoms with E-state index >= 15 is 0 Å². The Morgan fingerprint density at radius 2 is 1.92 bits per heavy atom. The molecule has 4 N–H and O–H groups in total. The molecular weight excluding hydrogens is 359 g/mol. The van der Waals surface area contributed by atoms with Gasteiger partial charge in [0.2, 0.25) is 11.9 Å². The number of anilines is 2. The number of H-pyrrole nitrogens is 1. The van der Waals surface area contributed by atoms with E-state index in [4.69, 9.17) is 5.73 Å². The van der Waals surface area contributed by atoms with Gasteiger partial charge in [-0.2, -0.15) is 18.2 Å². The number of aromatic amines is 1. The van der Waals surface area contributed by atoms with Gasteiger partial charge in [-0.3, -0.25) is 18.5 Å². The van der Waals surface area contributed by atoms with Crippen LogP contribution in [0.3, 0.4) is 0 Å². The number of carbonyl (C=O) groups excluding carboxylic acids is 1. The first kappa shape index (κ1) is 16.9. The fraction of sp³-hybridized carbons (Fsp3) is 0.0714. The van der Waals surface area contributed by atoms with E-state index in [-0.39, 0.29) is 22.5 Å². The Kier molecular flexibility index (Phi) is 4.17. The Morgan fingerprint density at radius 1 is 1.24 bits per heavy atom. The van der Waals surface area contributed by atoms with Gasteiger partial charge in [0.1, 0.15) is 0 Å². The van der Waals surface area contributed by atoms with E-state index < -0.39 is 28.9 Å². The minimum Gasteiger partial charge on any atom is -0.366 e. The van der Waals surface area contributed by atoms with Gasteiger partial charge in [0.25, 0.3) is 5.56 Å². The highest BCUT2D eigenvalue weighted by Gasteiger charge is 2.31. The van der Waals surface area contributed by atoms with E-state index in [0.29, 0.717) is 5.69 Å². The largest absolute Gasteiger partial charge is 0.462 e. The highest BCUT2D eigenvalue weighted by atomic mass is 32.2. The van der Waals surface area contributed by atoms with Crippen LogP contribution in [0.15, 0.2) is 41.3 Å². The number of nitrogens with zero attached hydrogens (tertiary/aromatic N) is 2. The number of benzene rings is 1. The van der Waals surface area contributed by atoms with Gasteiger partial charge in [-0.15, -0.1) is 0 Å². The van der Waals surface area contributed by atoms with E-state index in [2.05, 4.69) is 15.3 Å². The number of amides is 1. The normalized spacial score (nSPS) is 11.6. The summed E-state index contributed by atoms with van der Waals surface area (Å²) in [4.78, 5) is 29.5. The highest BCUT2D eigenvalue weighted by molar-refractivity contribution is 7.98. The summed E-state index contributed by atoms with van der Waals surface area (Å²) in [6.45, 7) is 0. The van der Waals surface area contributed by atoms with Gasteiger partial charge < -0.3 is 11.1 Å². The predicted molar refractivity (Wildman–Crippen MR) is 87.6 cm³/mol. The molecule has 7 nitrogen and oxygen atoms in total. The Labute approximate surface area is 142 Å². The molecule has 3 aromatic rings. The summed E-state index contributed by atoms with van der Waals surface area (Å²) < 4.78 is 38.5. The number of aromatic nitrogens is 3. The van der Waals surface area contributed by atoms with Crippen molar-refractivity contribution >= 4 is 40.5 Å². The van der Waals surface area contributed by atoms with Crippen LogP contribution in [0.2, 0.25) is 0 Å². The number of hydrogen-bond acceptors (Lipinski definition) is 5. The summed E-state index contributed by atoms with van der Waals surface area (Å²) in [6, 6.07) is 7.22. The second kappa shape index (κ2) is 6.16. The lowest BCUT2D eigenvalue weighted by atomic mass is 10.2. The second-order valence-electron chi connectivity index (χ2n) is 4.90. The minimum atomic E-state index is -4.52. The third-order valence-electron chi connectivity index (χ3n) is 3.15. The molecular formula is C14H10F3N5O2S. The van der Waals surface area contributed by atoms with Crippen molar-refractivity contribution in [2.24, 2.45) is 5.73 Å². The molecule has 1 amide bonds. The molecule has 2 aromatic heterocycles. The highest BCUT2D eigenvalue weighted by Crippen LogP contribution is 2.33. The van der Waals surface area contributed by atoms with Gasteiger partial charge in [0.15, 0.2) is 5.65 Å². The van der Waals surface area contributed by atoms with Crippen LogP contribution >= 0.6 is 11.9 Å². The van der Waals surface area contributed by atoms with Crippen LogP contribution in [-0.2, 0) is 0 Å². The summed E-state index contributed by atoms with van der Waals surface area (Å²) in [5, 5.41) is 2.79. The van der Waals surface area contributed by atoms with Gasteiger partial charge in [-0.05, 0) is 30.3 Å². The average molecular weight is 369 g/mol. The molecule has 3 rings (SSSR count). The molecule has 0 bridgehead atoms. The summed E-state index contributed by atoms with van der Waals surface area (Å²) in [5.74, 6) is -0.631. The smallest absolute Gasteiger partial charge is 0.366 e. The molecule has 0 aliphatic heterocycles. The lowest BCUT2D eigenvalue weighted by Crippen LogP contribution is -2.13. The number of fused-ring (bicyclic) bond motifs is 1. The lowest BCUT2D eigenvalue weighted by Gasteiger charge is -2.09. The van der Waals surface area contributed by atoms with E-state index in [0.717, 1.165) is 10.2 Å². The van der Waals surface area contributed by atoms with Gasteiger partial charge in [-0.1, -0.05) is 0 Å². The molecule has 0 unspecified atom stereocenters. The zero-order chi connectivity index (χ0) is 18.2. The molecule has 0 fully saturated rings. The van der Waals surface area contributed by atoms with Gasteiger partial charge >= 0.3 is 5.51 Å². The molecule has 0 aliphatic rings. The van der Waals surface area contributed by atoms with Crippen molar-refractivity contribution in [1.29, 1.82) is 0 Å². The minimum absolute atomic E-state index is 0.0337. The van der Waals surface area contributed by atoms with Crippen LogP contribution in [0.25, 0.3) is 11.0 Å². The van der Waals surface area contributed by atoms with E-state index in [1.54, 1.807) is 0 Å².